The zero-order valence-electron chi connectivity index (χ0n) is 14.0. The maximum absolute atomic E-state index is 4.83. The molecular formula is C16H33IN4. The molecule has 1 spiro atoms. The van der Waals surface area contributed by atoms with Gasteiger partial charge in [0.15, 0.2) is 5.96 Å². The lowest BCUT2D eigenvalue weighted by atomic mass is 9.86. The largest absolute Gasteiger partial charge is 0.357 e. The molecule has 1 N–H and O–H groups in total. The molecule has 0 aromatic heterocycles. The minimum Gasteiger partial charge on any atom is -0.357 e. The molecule has 0 aromatic rings. The molecule has 1 saturated heterocycles. The van der Waals surface area contributed by atoms with Crippen molar-refractivity contribution in [3.05, 3.63) is 0 Å². The van der Waals surface area contributed by atoms with Gasteiger partial charge in [-0.1, -0.05) is 19.8 Å². The van der Waals surface area contributed by atoms with Crippen LogP contribution in [0.4, 0.5) is 0 Å². The molecule has 2 aliphatic rings. The summed E-state index contributed by atoms with van der Waals surface area (Å²) in [5.41, 5.74) is 0.621. The molecule has 0 bridgehead atoms. The number of hydrogen-bond acceptors (Lipinski definition) is 2. The predicted molar refractivity (Wildman–Crippen MR) is 102 cm³/mol. The normalized spacial score (nSPS) is 21.1. The third kappa shape index (κ3) is 5.27. The predicted octanol–water partition coefficient (Wildman–Crippen LogP) is 2.79. The van der Waals surface area contributed by atoms with Crippen LogP contribution < -0.4 is 5.32 Å². The van der Waals surface area contributed by atoms with Crippen LogP contribution in [0.2, 0.25) is 0 Å². The number of hydrogen-bond donors (Lipinski definition) is 1. The molecule has 5 heteroatoms. The lowest BCUT2D eigenvalue weighted by Crippen LogP contribution is -2.41. The summed E-state index contributed by atoms with van der Waals surface area (Å²) >= 11 is 0. The Kier molecular flexibility index (Phi) is 8.31. The number of likely N-dealkylation sites (tertiary alicyclic amines) is 1. The Morgan fingerprint density at radius 2 is 1.95 bits per heavy atom. The summed E-state index contributed by atoms with van der Waals surface area (Å²) in [7, 11) is 2.16. The average molecular weight is 408 g/mol. The first-order chi connectivity index (χ1) is 9.69. The topological polar surface area (TPSA) is 30.9 Å². The summed E-state index contributed by atoms with van der Waals surface area (Å²) in [5, 5.41) is 3.48. The van der Waals surface area contributed by atoms with Crippen LogP contribution in [0.15, 0.2) is 4.99 Å². The highest BCUT2D eigenvalue weighted by atomic mass is 127. The van der Waals surface area contributed by atoms with Gasteiger partial charge in [-0.15, -0.1) is 24.0 Å². The van der Waals surface area contributed by atoms with E-state index in [9.17, 15) is 0 Å². The Bertz CT molecular complexity index is 326. The van der Waals surface area contributed by atoms with E-state index in [1.54, 1.807) is 0 Å². The van der Waals surface area contributed by atoms with Crippen molar-refractivity contribution in [1.82, 2.24) is 15.1 Å². The van der Waals surface area contributed by atoms with Gasteiger partial charge in [0.25, 0.3) is 0 Å². The average Bonchev–Trinajstić information content (AvgIpc) is 3.08. The Hall–Kier alpha value is -0.0400. The zero-order chi connectivity index (χ0) is 14.4. The molecule has 1 aliphatic carbocycles. The van der Waals surface area contributed by atoms with Gasteiger partial charge in [-0.2, -0.15) is 0 Å². The Labute approximate surface area is 147 Å². The lowest BCUT2D eigenvalue weighted by molar-refractivity contribution is 0.308. The van der Waals surface area contributed by atoms with Crippen molar-refractivity contribution < 1.29 is 0 Å². The Morgan fingerprint density at radius 3 is 2.57 bits per heavy atom. The minimum absolute atomic E-state index is 0. The van der Waals surface area contributed by atoms with Gasteiger partial charge in [0.2, 0.25) is 0 Å². The minimum atomic E-state index is 0. The van der Waals surface area contributed by atoms with E-state index in [2.05, 4.69) is 36.0 Å². The highest BCUT2D eigenvalue weighted by Gasteiger charge is 2.40. The molecule has 1 heterocycles. The number of aliphatic imine (C=N–C) groups is 1. The summed E-state index contributed by atoms with van der Waals surface area (Å²) in [6.45, 7) is 10.8. The highest BCUT2D eigenvalue weighted by Crippen LogP contribution is 2.45. The van der Waals surface area contributed by atoms with Gasteiger partial charge in [0.05, 0.1) is 6.54 Å². The van der Waals surface area contributed by atoms with Crippen LogP contribution in [0.25, 0.3) is 0 Å². The fraction of sp³-hybridized carbons (Fsp3) is 0.938. The molecule has 0 radical (unpaired) electrons. The standard InChI is InChI=1S/C16H32N4.HI/c1-4-17-15(18-11-13-19(3)5-2)20-12-10-16(14-20)8-6-7-9-16;/h4-14H2,1-3H3,(H,17,18);1H. The van der Waals surface area contributed by atoms with Crippen LogP contribution in [0.3, 0.4) is 0 Å². The molecule has 0 atom stereocenters. The van der Waals surface area contributed by atoms with Crippen LogP contribution in [-0.2, 0) is 0 Å². The number of halogens is 1. The third-order valence-electron chi connectivity index (χ3n) is 5.02. The molecule has 21 heavy (non-hydrogen) atoms. The van der Waals surface area contributed by atoms with E-state index in [1.165, 1.54) is 45.2 Å². The maximum atomic E-state index is 4.83. The van der Waals surface area contributed by atoms with E-state index in [0.717, 1.165) is 32.1 Å². The quantitative estimate of drug-likeness (QED) is 0.431. The molecule has 2 rings (SSSR count). The summed E-state index contributed by atoms with van der Waals surface area (Å²) in [6.07, 6.45) is 7.10. The molecule has 2 fully saturated rings. The second-order valence-corrected chi connectivity index (χ2v) is 6.51. The van der Waals surface area contributed by atoms with E-state index < -0.39 is 0 Å². The van der Waals surface area contributed by atoms with Gasteiger partial charge in [-0.3, -0.25) is 4.99 Å². The third-order valence-corrected chi connectivity index (χ3v) is 5.02. The first kappa shape index (κ1) is 19.0. The number of likely N-dealkylation sites (N-methyl/N-ethyl adjacent to an activating group) is 1. The van der Waals surface area contributed by atoms with Gasteiger partial charge in [-0.25, -0.2) is 0 Å². The van der Waals surface area contributed by atoms with Gasteiger partial charge >= 0.3 is 0 Å². The van der Waals surface area contributed by atoms with E-state index >= 15 is 0 Å². The summed E-state index contributed by atoms with van der Waals surface area (Å²) in [4.78, 5) is 9.64. The van der Waals surface area contributed by atoms with E-state index in [0.29, 0.717) is 5.41 Å². The molecular weight excluding hydrogens is 375 g/mol. The van der Waals surface area contributed by atoms with Crippen molar-refractivity contribution in [1.29, 1.82) is 0 Å². The van der Waals surface area contributed by atoms with Gasteiger partial charge < -0.3 is 15.1 Å². The van der Waals surface area contributed by atoms with Crippen LogP contribution in [0, 0.1) is 5.41 Å². The SMILES string of the molecule is CCNC(=NCCN(C)CC)N1CCC2(CCCC2)C1.I. The second-order valence-electron chi connectivity index (χ2n) is 6.51. The molecule has 0 aromatic carbocycles. The van der Waals surface area contributed by atoms with E-state index in [1.807, 2.05) is 0 Å². The van der Waals surface area contributed by atoms with Crippen molar-refractivity contribution in [2.45, 2.75) is 46.0 Å². The van der Waals surface area contributed by atoms with Crippen molar-refractivity contribution in [2.75, 3.05) is 46.3 Å². The maximum Gasteiger partial charge on any atom is 0.193 e. The first-order valence-corrected chi connectivity index (χ1v) is 8.41. The number of guanidine groups is 1. The number of rotatable bonds is 5. The summed E-state index contributed by atoms with van der Waals surface area (Å²) < 4.78 is 0. The fourth-order valence-electron chi connectivity index (χ4n) is 3.56. The van der Waals surface area contributed by atoms with Crippen molar-refractivity contribution >= 4 is 29.9 Å². The lowest BCUT2D eigenvalue weighted by Gasteiger charge is -2.26. The molecule has 1 aliphatic heterocycles. The monoisotopic (exact) mass is 408 g/mol. The Balaban J connectivity index is 0.00000220. The molecule has 0 unspecified atom stereocenters. The number of nitrogens with zero attached hydrogens (tertiary/aromatic N) is 3. The molecule has 4 nitrogen and oxygen atoms in total. The fourth-order valence-corrected chi connectivity index (χ4v) is 3.56. The van der Waals surface area contributed by atoms with Crippen LogP contribution >= 0.6 is 24.0 Å². The van der Waals surface area contributed by atoms with E-state index in [-0.39, 0.29) is 24.0 Å². The first-order valence-electron chi connectivity index (χ1n) is 8.41. The van der Waals surface area contributed by atoms with Gasteiger partial charge in [0.1, 0.15) is 0 Å². The highest BCUT2D eigenvalue weighted by molar-refractivity contribution is 14.0. The van der Waals surface area contributed by atoms with Gasteiger partial charge in [0, 0.05) is 26.2 Å². The van der Waals surface area contributed by atoms with Crippen molar-refractivity contribution in [3.8, 4) is 0 Å². The summed E-state index contributed by atoms with van der Waals surface area (Å²) in [5.74, 6) is 1.14. The Morgan fingerprint density at radius 1 is 1.24 bits per heavy atom. The molecule has 1 saturated carbocycles. The van der Waals surface area contributed by atoms with Crippen LogP contribution in [-0.4, -0.2) is 62.1 Å². The van der Waals surface area contributed by atoms with Crippen molar-refractivity contribution in [3.63, 3.8) is 0 Å². The molecule has 124 valence electrons. The van der Waals surface area contributed by atoms with Crippen molar-refractivity contribution in [2.24, 2.45) is 10.4 Å². The zero-order valence-corrected chi connectivity index (χ0v) is 16.4. The summed E-state index contributed by atoms with van der Waals surface area (Å²) in [6, 6.07) is 0. The van der Waals surface area contributed by atoms with E-state index in [4.69, 9.17) is 4.99 Å². The van der Waals surface area contributed by atoms with Gasteiger partial charge in [-0.05, 0) is 45.2 Å². The van der Waals surface area contributed by atoms with Crippen LogP contribution in [0.5, 0.6) is 0 Å². The molecule has 0 amide bonds. The second kappa shape index (κ2) is 9.18. The number of nitrogens with one attached hydrogen (secondary N) is 1. The van der Waals surface area contributed by atoms with Crippen LogP contribution in [0.1, 0.15) is 46.0 Å². The smallest absolute Gasteiger partial charge is 0.193 e.